The van der Waals surface area contributed by atoms with Gasteiger partial charge < -0.3 is 4.98 Å². The molecule has 0 fully saturated rings. The number of H-pyrrole nitrogens is 1. The highest BCUT2D eigenvalue weighted by Crippen LogP contribution is 2.20. The van der Waals surface area contributed by atoms with E-state index in [2.05, 4.69) is 19.9 Å². The van der Waals surface area contributed by atoms with Gasteiger partial charge >= 0.3 is 0 Å². The number of benzene rings is 1. The molecule has 0 bridgehead atoms. The molecule has 1 aromatic carbocycles. The van der Waals surface area contributed by atoms with Crippen molar-refractivity contribution in [3.63, 3.8) is 0 Å². The van der Waals surface area contributed by atoms with Crippen LogP contribution in [0, 0.1) is 0 Å². The zero-order valence-corrected chi connectivity index (χ0v) is 9.65. The molecule has 0 unspecified atom stereocenters. The summed E-state index contributed by atoms with van der Waals surface area (Å²) >= 11 is 5.73. The number of hydrogen-bond donors (Lipinski definition) is 1. The minimum atomic E-state index is 0.431. The number of hydrogen-bond acceptors (Lipinski definition) is 3. The SMILES string of the molecule is ClCc1cnc(-c2ccc3nccnc3c2)[nH]1. The molecule has 0 aliphatic carbocycles. The molecule has 0 saturated carbocycles. The molecule has 0 saturated heterocycles. The molecular formula is C12H9ClN4. The summed E-state index contributed by atoms with van der Waals surface area (Å²) in [6, 6.07) is 5.85. The number of imidazole rings is 1. The van der Waals surface area contributed by atoms with E-state index in [1.54, 1.807) is 18.6 Å². The van der Waals surface area contributed by atoms with Gasteiger partial charge in [-0.3, -0.25) is 9.97 Å². The molecule has 2 aromatic heterocycles. The van der Waals surface area contributed by atoms with E-state index in [4.69, 9.17) is 11.6 Å². The fourth-order valence-electron chi connectivity index (χ4n) is 1.68. The van der Waals surface area contributed by atoms with Crippen molar-refractivity contribution in [2.75, 3.05) is 0 Å². The van der Waals surface area contributed by atoms with Crippen molar-refractivity contribution < 1.29 is 0 Å². The monoisotopic (exact) mass is 244 g/mol. The molecule has 1 N–H and O–H groups in total. The van der Waals surface area contributed by atoms with Gasteiger partial charge in [-0.05, 0) is 18.2 Å². The van der Waals surface area contributed by atoms with Crippen LogP contribution >= 0.6 is 11.6 Å². The van der Waals surface area contributed by atoms with Gasteiger partial charge in [0.25, 0.3) is 0 Å². The molecule has 5 heteroatoms. The molecule has 0 atom stereocenters. The van der Waals surface area contributed by atoms with Crippen LogP contribution in [-0.4, -0.2) is 19.9 Å². The molecule has 3 rings (SSSR count). The number of halogens is 1. The minimum Gasteiger partial charge on any atom is -0.341 e. The Morgan fingerprint density at radius 2 is 1.88 bits per heavy atom. The van der Waals surface area contributed by atoms with Crippen molar-refractivity contribution in [3.05, 3.63) is 42.5 Å². The van der Waals surface area contributed by atoms with Gasteiger partial charge in [-0.15, -0.1) is 11.6 Å². The Balaban J connectivity index is 2.11. The Labute approximate surface area is 103 Å². The average Bonchev–Trinajstić information content (AvgIpc) is 2.87. The van der Waals surface area contributed by atoms with Gasteiger partial charge in [0, 0.05) is 29.8 Å². The van der Waals surface area contributed by atoms with Crippen LogP contribution in [0.3, 0.4) is 0 Å². The molecule has 3 aromatic rings. The third-order valence-corrected chi connectivity index (χ3v) is 2.80. The van der Waals surface area contributed by atoms with Crippen LogP contribution in [0.15, 0.2) is 36.8 Å². The highest BCUT2D eigenvalue weighted by molar-refractivity contribution is 6.16. The summed E-state index contributed by atoms with van der Waals surface area (Å²) in [7, 11) is 0. The second-order valence-electron chi connectivity index (χ2n) is 3.65. The zero-order chi connectivity index (χ0) is 11.7. The van der Waals surface area contributed by atoms with Crippen LogP contribution in [-0.2, 0) is 5.88 Å². The lowest BCUT2D eigenvalue weighted by atomic mass is 10.2. The number of aromatic nitrogens is 4. The number of aromatic amines is 1. The Morgan fingerprint density at radius 1 is 1.06 bits per heavy atom. The summed E-state index contributed by atoms with van der Waals surface area (Å²) in [6.07, 6.45) is 5.10. The minimum absolute atomic E-state index is 0.431. The first-order valence-electron chi connectivity index (χ1n) is 5.18. The molecule has 84 valence electrons. The van der Waals surface area contributed by atoms with Crippen LogP contribution in [0.2, 0.25) is 0 Å². The van der Waals surface area contributed by atoms with E-state index in [-0.39, 0.29) is 0 Å². The molecule has 0 amide bonds. The number of nitrogens with zero attached hydrogens (tertiary/aromatic N) is 3. The maximum Gasteiger partial charge on any atom is 0.137 e. The van der Waals surface area contributed by atoms with E-state index in [0.29, 0.717) is 5.88 Å². The summed E-state index contributed by atoms with van der Waals surface area (Å²) in [5.41, 5.74) is 3.62. The predicted molar refractivity (Wildman–Crippen MR) is 66.7 cm³/mol. The summed E-state index contributed by atoms with van der Waals surface area (Å²) in [6.45, 7) is 0. The van der Waals surface area contributed by atoms with Crippen LogP contribution in [0.5, 0.6) is 0 Å². The Hall–Kier alpha value is -1.94. The topological polar surface area (TPSA) is 54.5 Å². The quantitative estimate of drug-likeness (QED) is 0.706. The average molecular weight is 245 g/mol. The van der Waals surface area contributed by atoms with Crippen molar-refractivity contribution >= 4 is 22.6 Å². The van der Waals surface area contributed by atoms with E-state index in [1.165, 1.54) is 0 Å². The molecule has 17 heavy (non-hydrogen) atoms. The van der Waals surface area contributed by atoms with Crippen molar-refractivity contribution in [2.45, 2.75) is 5.88 Å². The number of alkyl halides is 1. The maximum absolute atomic E-state index is 5.73. The van der Waals surface area contributed by atoms with Crippen LogP contribution < -0.4 is 0 Å². The fourth-order valence-corrected chi connectivity index (χ4v) is 1.82. The normalized spacial score (nSPS) is 10.9. The summed E-state index contributed by atoms with van der Waals surface area (Å²) in [4.78, 5) is 15.9. The lowest BCUT2D eigenvalue weighted by Gasteiger charge is -1.99. The molecule has 0 radical (unpaired) electrons. The Kier molecular flexibility index (Phi) is 2.49. The molecular weight excluding hydrogens is 236 g/mol. The van der Waals surface area contributed by atoms with Gasteiger partial charge in [0.2, 0.25) is 0 Å². The summed E-state index contributed by atoms with van der Waals surface area (Å²) in [5, 5.41) is 0. The lowest BCUT2D eigenvalue weighted by molar-refractivity contribution is 1.22. The largest absolute Gasteiger partial charge is 0.341 e. The van der Waals surface area contributed by atoms with E-state index in [9.17, 15) is 0 Å². The highest BCUT2D eigenvalue weighted by Gasteiger charge is 2.04. The summed E-state index contributed by atoms with van der Waals surface area (Å²) < 4.78 is 0. The number of rotatable bonds is 2. The third-order valence-electron chi connectivity index (χ3n) is 2.52. The van der Waals surface area contributed by atoms with Gasteiger partial charge in [-0.1, -0.05) is 0 Å². The van der Waals surface area contributed by atoms with Crippen molar-refractivity contribution in [1.82, 2.24) is 19.9 Å². The van der Waals surface area contributed by atoms with Crippen molar-refractivity contribution in [1.29, 1.82) is 0 Å². The smallest absolute Gasteiger partial charge is 0.137 e. The lowest BCUT2D eigenvalue weighted by Crippen LogP contribution is -1.85. The van der Waals surface area contributed by atoms with E-state index in [0.717, 1.165) is 28.1 Å². The molecule has 2 heterocycles. The van der Waals surface area contributed by atoms with Gasteiger partial charge in [-0.25, -0.2) is 4.98 Å². The third kappa shape index (κ3) is 1.87. The molecule has 0 aliphatic heterocycles. The maximum atomic E-state index is 5.73. The highest BCUT2D eigenvalue weighted by atomic mass is 35.5. The van der Waals surface area contributed by atoms with E-state index in [1.807, 2.05) is 18.2 Å². The first-order chi connectivity index (χ1) is 8.36. The first-order valence-corrected chi connectivity index (χ1v) is 5.71. The number of nitrogens with one attached hydrogen (secondary N) is 1. The fraction of sp³-hybridized carbons (Fsp3) is 0.0833. The van der Waals surface area contributed by atoms with E-state index < -0.39 is 0 Å². The van der Waals surface area contributed by atoms with Gasteiger partial charge in [0.15, 0.2) is 0 Å². The Morgan fingerprint density at radius 3 is 2.65 bits per heavy atom. The summed E-state index contributed by atoms with van der Waals surface area (Å²) in [5.74, 6) is 1.23. The van der Waals surface area contributed by atoms with Crippen LogP contribution in [0.4, 0.5) is 0 Å². The van der Waals surface area contributed by atoms with Crippen molar-refractivity contribution in [2.24, 2.45) is 0 Å². The first kappa shape index (κ1) is 10.2. The number of fused-ring (bicyclic) bond motifs is 1. The molecule has 4 nitrogen and oxygen atoms in total. The van der Waals surface area contributed by atoms with Gasteiger partial charge in [0.05, 0.1) is 16.9 Å². The van der Waals surface area contributed by atoms with Crippen LogP contribution in [0.1, 0.15) is 5.69 Å². The second-order valence-corrected chi connectivity index (χ2v) is 3.92. The predicted octanol–water partition coefficient (Wildman–Crippen LogP) is 2.76. The van der Waals surface area contributed by atoms with Gasteiger partial charge in [-0.2, -0.15) is 0 Å². The standard InChI is InChI=1S/C12H9ClN4/c13-6-9-7-16-12(17-9)8-1-2-10-11(5-8)15-4-3-14-10/h1-5,7H,6H2,(H,16,17). The Bertz CT molecular complexity index is 662. The second kappa shape index (κ2) is 4.14. The van der Waals surface area contributed by atoms with Gasteiger partial charge in [0.1, 0.15) is 5.82 Å². The van der Waals surface area contributed by atoms with E-state index >= 15 is 0 Å². The molecule has 0 aliphatic rings. The van der Waals surface area contributed by atoms with Crippen molar-refractivity contribution in [3.8, 4) is 11.4 Å². The van der Waals surface area contributed by atoms with Crippen LogP contribution in [0.25, 0.3) is 22.4 Å². The molecule has 0 spiro atoms. The zero-order valence-electron chi connectivity index (χ0n) is 8.89.